The minimum Gasteiger partial charge on any atom is -0.465 e. The number of pyridine rings is 1. The highest BCUT2D eigenvalue weighted by Crippen LogP contribution is 2.29. The van der Waals surface area contributed by atoms with Crippen LogP contribution in [-0.4, -0.2) is 28.0 Å². The molecule has 1 aliphatic rings. The van der Waals surface area contributed by atoms with E-state index in [1.807, 2.05) is 12.1 Å². The van der Waals surface area contributed by atoms with Crippen LogP contribution in [0.4, 0.5) is 10.2 Å². The number of aromatic nitrogens is 3. The Morgan fingerprint density at radius 1 is 1.18 bits per heavy atom. The number of nitrogens with one attached hydrogen (secondary N) is 1. The van der Waals surface area contributed by atoms with Crippen LogP contribution < -0.4 is 5.32 Å². The van der Waals surface area contributed by atoms with Gasteiger partial charge < -0.3 is 10.1 Å². The van der Waals surface area contributed by atoms with Gasteiger partial charge in [-0.3, -0.25) is 4.98 Å². The van der Waals surface area contributed by atoms with Gasteiger partial charge in [-0.2, -0.15) is 0 Å². The molecule has 0 aliphatic heterocycles. The van der Waals surface area contributed by atoms with Gasteiger partial charge in [0, 0.05) is 41.3 Å². The first-order valence-corrected chi connectivity index (χ1v) is 9.06. The van der Waals surface area contributed by atoms with Crippen molar-refractivity contribution in [2.45, 2.75) is 25.8 Å². The van der Waals surface area contributed by atoms with Crippen molar-refractivity contribution in [3.8, 4) is 11.4 Å². The Balaban J connectivity index is 1.64. The lowest BCUT2D eigenvalue weighted by Crippen LogP contribution is -2.10. The summed E-state index contributed by atoms with van der Waals surface area (Å²) >= 11 is 0. The molecule has 1 aliphatic carbocycles. The molecule has 1 aromatic carbocycles. The zero-order valence-electron chi connectivity index (χ0n) is 15.4. The van der Waals surface area contributed by atoms with Crippen LogP contribution in [0.1, 0.15) is 33.6 Å². The van der Waals surface area contributed by atoms with Gasteiger partial charge in [0.25, 0.3) is 0 Å². The van der Waals surface area contributed by atoms with Gasteiger partial charge in [-0.25, -0.2) is 19.2 Å². The van der Waals surface area contributed by atoms with E-state index in [-0.39, 0.29) is 12.4 Å². The monoisotopic (exact) mass is 378 g/mol. The Morgan fingerprint density at radius 2 is 2.00 bits per heavy atom. The predicted octanol–water partition coefficient (Wildman–Crippen LogP) is 3.57. The number of hydrogen-bond donors (Lipinski definition) is 1. The number of methoxy groups -OCH3 is 1. The fourth-order valence-electron chi connectivity index (χ4n) is 3.34. The standard InChI is InChI=1S/C21H19FN4O2/c1-28-21(27)14-5-6-17(22)15(11-14)12-24-20-16-3-2-4-18(16)25-19(26-20)13-7-9-23-10-8-13/h5-11H,2-4,12H2,1H3,(H,24,25,26). The first kappa shape index (κ1) is 18.0. The van der Waals surface area contributed by atoms with E-state index < -0.39 is 5.97 Å². The highest BCUT2D eigenvalue weighted by molar-refractivity contribution is 5.89. The Kier molecular flexibility index (Phi) is 4.97. The number of hydrogen-bond acceptors (Lipinski definition) is 6. The van der Waals surface area contributed by atoms with Crippen molar-refractivity contribution in [2.24, 2.45) is 0 Å². The number of carbonyl (C=O) groups is 1. The first-order valence-electron chi connectivity index (χ1n) is 9.06. The smallest absolute Gasteiger partial charge is 0.337 e. The van der Waals surface area contributed by atoms with Crippen molar-refractivity contribution < 1.29 is 13.9 Å². The van der Waals surface area contributed by atoms with E-state index in [2.05, 4.69) is 15.3 Å². The summed E-state index contributed by atoms with van der Waals surface area (Å²) in [4.78, 5) is 25.1. The van der Waals surface area contributed by atoms with Gasteiger partial charge in [-0.1, -0.05) is 0 Å². The number of benzene rings is 1. The van der Waals surface area contributed by atoms with Crippen molar-refractivity contribution in [1.29, 1.82) is 0 Å². The number of esters is 1. The van der Waals surface area contributed by atoms with E-state index in [1.165, 1.54) is 25.3 Å². The lowest BCUT2D eigenvalue weighted by atomic mass is 10.1. The molecule has 2 heterocycles. The minimum atomic E-state index is -0.496. The van der Waals surface area contributed by atoms with Gasteiger partial charge in [-0.05, 0) is 49.6 Å². The number of halogens is 1. The summed E-state index contributed by atoms with van der Waals surface area (Å²) < 4.78 is 18.9. The van der Waals surface area contributed by atoms with Crippen LogP contribution in [-0.2, 0) is 24.1 Å². The van der Waals surface area contributed by atoms with Crippen LogP contribution in [0.2, 0.25) is 0 Å². The summed E-state index contributed by atoms with van der Waals surface area (Å²) in [5.41, 5.74) is 3.66. The topological polar surface area (TPSA) is 77.0 Å². The van der Waals surface area contributed by atoms with Crippen LogP contribution in [0.5, 0.6) is 0 Å². The number of aryl methyl sites for hydroxylation is 1. The van der Waals surface area contributed by atoms with Gasteiger partial charge >= 0.3 is 5.97 Å². The third-order valence-corrected chi connectivity index (χ3v) is 4.78. The van der Waals surface area contributed by atoms with Crippen molar-refractivity contribution >= 4 is 11.8 Å². The van der Waals surface area contributed by atoms with Gasteiger partial charge in [0.2, 0.25) is 0 Å². The molecule has 2 aromatic heterocycles. The molecule has 0 atom stereocenters. The SMILES string of the molecule is COC(=O)c1ccc(F)c(CNc2nc(-c3ccncc3)nc3c2CCC3)c1. The molecule has 6 nitrogen and oxygen atoms in total. The zero-order valence-corrected chi connectivity index (χ0v) is 15.4. The fourth-order valence-corrected chi connectivity index (χ4v) is 3.34. The highest BCUT2D eigenvalue weighted by atomic mass is 19.1. The Bertz CT molecular complexity index is 1020. The second-order valence-corrected chi connectivity index (χ2v) is 6.56. The van der Waals surface area contributed by atoms with Crippen molar-refractivity contribution in [3.63, 3.8) is 0 Å². The molecule has 0 saturated heterocycles. The zero-order chi connectivity index (χ0) is 19.5. The molecule has 0 unspecified atom stereocenters. The first-order chi connectivity index (χ1) is 13.7. The molecule has 0 amide bonds. The summed E-state index contributed by atoms with van der Waals surface area (Å²) in [5, 5.41) is 3.24. The Labute approximate surface area is 161 Å². The summed E-state index contributed by atoms with van der Waals surface area (Å²) in [7, 11) is 1.30. The average molecular weight is 378 g/mol. The Hall–Kier alpha value is -3.35. The number of ether oxygens (including phenoxy) is 1. The molecule has 3 aromatic rings. The van der Waals surface area contributed by atoms with Gasteiger partial charge in [0.15, 0.2) is 5.82 Å². The summed E-state index contributed by atoms with van der Waals surface area (Å²) in [5.74, 6) is 0.441. The molecular weight excluding hydrogens is 359 g/mol. The van der Waals surface area contributed by atoms with Gasteiger partial charge in [0.1, 0.15) is 11.6 Å². The maximum absolute atomic E-state index is 14.2. The summed E-state index contributed by atoms with van der Waals surface area (Å²) in [6.07, 6.45) is 6.21. The maximum Gasteiger partial charge on any atom is 0.337 e. The third kappa shape index (κ3) is 3.55. The number of carbonyl (C=O) groups excluding carboxylic acids is 1. The average Bonchev–Trinajstić information content (AvgIpc) is 3.22. The van der Waals surface area contributed by atoms with Gasteiger partial charge in [0.05, 0.1) is 12.7 Å². The van der Waals surface area contributed by atoms with E-state index in [0.29, 0.717) is 22.8 Å². The molecule has 7 heteroatoms. The molecular formula is C21H19FN4O2. The summed E-state index contributed by atoms with van der Waals surface area (Å²) in [6, 6.07) is 7.91. The highest BCUT2D eigenvalue weighted by Gasteiger charge is 2.20. The molecule has 0 saturated carbocycles. The number of rotatable bonds is 5. The van der Waals surface area contributed by atoms with Gasteiger partial charge in [-0.15, -0.1) is 0 Å². The lowest BCUT2D eigenvalue weighted by molar-refractivity contribution is 0.0600. The third-order valence-electron chi connectivity index (χ3n) is 4.78. The normalized spacial score (nSPS) is 12.5. The molecule has 0 bridgehead atoms. The van der Waals surface area contributed by atoms with E-state index in [0.717, 1.165) is 36.1 Å². The number of anilines is 1. The minimum absolute atomic E-state index is 0.204. The second kappa shape index (κ2) is 7.72. The van der Waals surface area contributed by atoms with Crippen LogP contribution in [0.15, 0.2) is 42.7 Å². The predicted molar refractivity (Wildman–Crippen MR) is 102 cm³/mol. The Morgan fingerprint density at radius 3 is 2.79 bits per heavy atom. The van der Waals surface area contributed by atoms with Crippen LogP contribution in [0.3, 0.4) is 0 Å². The number of fused-ring (bicyclic) bond motifs is 1. The molecule has 0 radical (unpaired) electrons. The van der Waals surface area contributed by atoms with E-state index in [9.17, 15) is 9.18 Å². The second-order valence-electron chi connectivity index (χ2n) is 6.56. The molecule has 28 heavy (non-hydrogen) atoms. The largest absolute Gasteiger partial charge is 0.465 e. The van der Waals surface area contributed by atoms with Crippen molar-refractivity contribution in [1.82, 2.24) is 15.0 Å². The van der Waals surface area contributed by atoms with Crippen molar-refractivity contribution in [3.05, 3.63) is 70.9 Å². The molecule has 1 N–H and O–H groups in total. The van der Waals surface area contributed by atoms with Crippen LogP contribution in [0, 0.1) is 5.82 Å². The molecule has 0 spiro atoms. The van der Waals surface area contributed by atoms with Crippen molar-refractivity contribution in [2.75, 3.05) is 12.4 Å². The van der Waals surface area contributed by atoms with Crippen LogP contribution in [0.25, 0.3) is 11.4 Å². The van der Waals surface area contributed by atoms with Crippen LogP contribution >= 0.6 is 0 Å². The number of nitrogens with zero attached hydrogens (tertiary/aromatic N) is 3. The molecule has 0 fully saturated rings. The lowest BCUT2D eigenvalue weighted by Gasteiger charge is -2.13. The quantitative estimate of drug-likeness (QED) is 0.684. The molecule has 4 rings (SSSR count). The van der Waals surface area contributed by atoms with E-state index in [1.54, 1.807) is 12.4 Å². The maximum atomic E-state index is 14.2. The molecule has 142 valence electrons. The van der Waals surface area contributed by atoms with E-state index >= 15 is 0 Å². The summed E-state index contributed by atoms with van der Waals surface area (Å²) in [6.45, 7) is 0.204. The fraction of sp³-hybridized carbons (Fsp3) is 0.238. The van der Waals surface area contributed by atoms with E-state index in [4.69, 9.17) is 9.72 Å².